The number of ether oxygens (including phenoxy) is 1. The molecule has 0 atom stereocenters. The minimum absolute atomic E-state index is 0.214. The predicted molar refractivity (Wildman–Crippen MR) is 47.5 cm³/mol. The predicted octanol–water partition coefficient (Wildman–Crippen LogP) is 0.787. The topological polar surface area (TPSA) is 55.0 Å². The molecule has 0 saturated heterocycles. The van der Waals surface area contributed by atoms with E-state index in [1.807, 2.05) is 0 Å². The number of alkyl halides is 1. The fourth-order valence-electron chi connectivity index (χ4n) is 0.767. The second kappa shape index (κ2) is 4.53. The third kappa shape index (κ3) is 2.23. The Balaban J connectivity index is 2.96. The SMILES string of the molecule is COC(=O)c1[nH]ncc1C#CCCl. The first kappa shape index (κ1) is 9.62. The summed E-state index contributed by atoms with van der Waals surface area (Å²) in [5.41, 5.74) is 0.743. The standard InChI is InChI=1S/C8H7ClN2O2/c1-13-8(12)7-6(3-2-4-9)5-10-11-7/h5H,4H2,1H3,(H,10,11). The van der Waals surface area contributed by atoms with Crippen LogP contribution >= 0.6 is 11.6 Å². The lowest BCUT2D eigenvalue weighted by Crippen LogP contribution is -2.03. The minimum Gasteiger partial charge on any atom is -0.464 e. The van der Waals surface area contributed by atoms with E-state index in [-0.39, 0.29) is 11.6 Å². The summed E-state index contributed by atoms with van der Waals surface area (Å²) in [5, 5.41) is 6.17. The highest BCUT2D eigenvalue weighted by Gasteiger charge is 2.11. The van der Waals surface area contributed by atoms with Crippen molar-refractivity contribution in [1.29, 1.82) is 0 Å². The van der Waals surface area contributed by atoms with Gasteiger partial charge in [-0.15, -0.1) is 11.6 Å². The number of carbonyl (C=O) groups excluding carboxylic acids is 1. The number of methoxy groups -OCH3 is 1. The zero-order valence-electron chi connectivity index (χ0n) is 6.93. The van der Waals surface area contributed by atoms with E-state index < -0.39 is 5.97 Å². The Morgan fingerprint density at radius 1 is 1.85 bits per heavy atom. The van der Waals surface area contributed by atoms with Gasteiger partial charge in [0.1, 0.15) is 0 Å². The summed E-state index contributed by atoms with van der Waals surface area (Å²) in [7, 11) is 1.29. The first-order chi connectivity index (χ1) is 6.29. The van der Waals surface area contributed by atoms with E-state index in [0.717, 1.165) is 0 Å². The molecule has 1 heterocycles. The van der Waals surface area contributed by atoms with Crippen molar-refractivity contribution in [1.82, 2.24) is 10.2 Å². The lowest BCUT2D eigenvalue weighted by atomic mass is 10.2. The van der Waals surface area contributed by atoms with Gasteiger partial charge < -0.3 is 4.74 Å². The van der Waals surface area contributed by atoms with Crippen LogP contribution in [0, 0.1) is 11.8 Å². The Morgan fingerprint density at radius 3 is 3.23 bits per heavy atom. The smallest absolute Gasteiger partial charge is 0.357 e. The number of aromatic nitrogens is 2. The third-order valence-corrected chi connectivity index (χ3v) is 1.45. The van der Waals surface area contributed by atoms with Gasteiger partial charge in [0.25, 0.3) is 0 Å². The average Bonchev–Trinajstić information content (AvgIpc) is 2.61. The molecule has 5 heteroatoms. The highest BCUT2D eigenvalue weighted by molar-refractivity contribution is 6.19. The molecule has 1 aromatic rings. The quantitative estimate of drug-likeness (QED) is 0.412. The molecular formula is C8H7ClN2O2. The Bertz CT molecular complexity index is 362. The Morgan fingerprint density at radius 2 is 2.62 bits per heavy atom. The van der Waals surface area contributed by atoms with Crippen molar-refractivity contribution in [2.24, 2.45) is 0 Å². The maximum atomic E-state index is 11.1. The molecule has 0 saturated carbocycles. The zero-order chi connectivity index (χ0) is 9.68. The first-order valence-electron chi connectivity index (χ1n) is 3.46. The summed E-state index contributed by atoms with van der Waals surface area (Å²) in [4.78, 5) is 11.1. The fourth-order valence-corrected chi connectivity index (χ4v) is 0.834. The highest BCUT2D eigenvalue weighted by Crippen LogP contribution is 2.03. The molecule has 0 bridgehead atoms. The van der Waals surface area contributed by atoms with Gasteiger partial charge >= 0.3 is 5.97 Å². The number of rotatable bonds is 1. The Labute approximate surface area is 80.2 Å². The van der Waals surface area contributed by atoms with Crippen LogP contribution in [0.25, 0.3) is 0 Å². The van der Waals surface area contributed by atoms with E-state index >= 15 is 0 Å². The number of aromatic amines is 1. The van der Waals surface area contributed by atoms with Gasteiger partial charge in [-0.05, 0) is 0 Å². The van der Waals surface area contributed by atoms with Crippen LogP contribution in [0.2, 0.25) is 0 Å². The number of nitrogens with zero attached hydrogens (tertiary/aromatic N) is 1. The van der Waals surface area contributed by atoms with Crippen molar-refractivity contribution in [2.45, 2.75) is 0 Å². The van der Waals surface area contributed by atoms with Gasteiger partial charge in [-0.2, -0.15) is 5.10 Å². The van der Waals surface area contributed by atoms with Gasteiger partial charge in [0.2, 0.25) is 0 Å². The number of hydrogen-bond donors (Lipinski definition) is 1. The molecular weight excluding hydrogens is 192 g/mol. The summed E-state index contributed by atoms with van der Waals surface area (Å²) in [6, 6.07) is 0. The van der Waals surface area contributed by atoms with E-state index in [0.29, 0.717) is 5.56 Å². The van der Waals surface area contributed by atoms with Crippen molar-refractivity contribution in [3.05, 3.63) is 17.5 Å². The first-order valence-corrected chi connectivity index (χ1v) is 3.99. The highest BCUT2D eigenvalue weighted by atomic mass is 35.5. The number of nitrogens with one attached hydrogen (secondary N) is 1. The van der Waals surface area contributed by atoms with Crippen LogP contribution < -0.4 is 0 Å². The molecule has 1 aromatic heterocycles. The van der Waals surface area contributed by atoms with E-state index in [1.165, 1.54) is 13.3 Å². The van der Waals surface area contributed by atoms with Crippen molar-refractivity contribution in [3.63, 3.8) is 0 Å². The molecule has 0 unspecified atom stereocenters. The maximum Gasteiger partial charge on any atom is 0.357 e. The summed E-state index contributed by atoms with van der Waals surface area (Å²) < 4.78 is 4.50. The largest absolute Gasteiger partial charge is 0.464 e. The molecule has 0 aliphatic heterocycles. The van der Waals surface area contributed by atoms with Gasteiger partial charge in [-0.1, -0.05) is 11.8 Å². The number of halogens is 1. The van der Waals surface area contributed by atoms with Crippen molar-refractivity contribution in [2.75, 3.05) is 13.0 Å². The Hall–Kier alpha value is -1.47. The molecule has 0 radical (unpaired) electrons. The van der Waals surface area contributed by atoms with E-state index in [2.05, 4.69) is 26.8 Å². The van der Waals surface area contributed by atoms with Gasteiger partial charge in [-0.25, -0.2) is 4.79 Å². The molecule has 4 nitrogen and oxygen atoms in total. The van der Waals surface area contributed by atoms with E-state index in [4.69, 9.17) is 11.6 Å². The molecule has 0 fully saturated rings. The van der Waals surface area contributed by atoms with Crippen LogP contribution in [0.15, 0.2) is 6.20 Å². The monoisotopic (exact) mass is 198 g/mol. The van der Waals surface area contributed by atoms with Crippen LogP contribution in [0.1, 0.15) is 16.1 Å². The van der Waals surface area contributed by atoms with Gasteiger partial charge in [0.05, 0.1) is 24.8 Å². The lowest BCUT2D eigenvalue weighted by molar-refractivity contribution is 0.0593. The van der Waals surface area contributed by atoms with Crippen LogP contribution in [-0.4, -0.2) is 29.2 Å². The van der Waals surface area contributed by atoms with Gasteiger partial charge in [-0.3, -0.25) is 5.10 Å². The number of H-pyrrole nitrogens is 1. The van der Waals surface area contributed by atoms with Crippen molar-refractivity contribution < 1.29 is 9.53 Å². The maximum absolute atomic E-state index is 11.1. The normalized spacial score (nSPS) is 8.77. The molecule has 1 N–H and O–H groups in total. The number of carbonyl (C=O) groups is 1. The van der Waals surface area contributed by atoms with Crippen molar-refractivity contribution >= 4 is 17.6 Å². The fraction of sp³-hybridized carbons (Fsp3) is 0.250. The lowest BCUT2D eigenvalue weighted by Gasteiger charge is -1.93. The molecule has 0 amide bonds. The summed E-state index contributed by atoms with van der Waals surface area (Å²) >= 11 is 5.36. The number of hydrogen-bond acceptors (Lipinski definition) is 3. The molecule has 0 aliphatic rings. The summed E-state index contributed by atoms with van der Waals surface area (Å²) in [5.74, 6) is 5.02. The van der Waals surface area contributed by atoms with E-state index in [1.54, 1.807) is 0 Å². The average molecular weight is 199 g/mol. The molecule has 0 spiro atoms. The number of esters is 1. The van der Waals surface area contributed by atoms with Crippen LogP contribution in [0.5, 0.6) is 0 Å². The summed E-state index contributed by atoms with van der Waals surface area (Å²) in [6.45, 7) is 0. The zero-order valence-corrected chi connectivity index (χ0v) is 7.68. The Kier molecular flexibility index (Phi) is 3.35. The van der Waals surface area contributed by atoms with E-state index in [9.17, 15) is 4.79 Å². The summed E-state index contributed by atoms with van der Waals surface area (Å²) in [6.07, 6.45) is 1.45. The van der Waals surface area contributed by atoms with Crippen LogP contribution in [0.4, 0.5) is 0 Å². The molecule has 68 valence electrons. The molecule has 0 aliphatic carbocycles. The molecule has 0 aromatic carbocycles. The minimum atomic E-state index is -0.489. The van der Waals surface area contributed by atoms with Crippen LogP contribution in [-0.2, 0) is 4.74 Å². The molecule has 13 heavy (non-hydrogen) atoms. The second-order valence-corrected chi connectivity index (χ2v) is 2.35. The van der Waals surface area contributed by atoms with Gasteiger partial charge in [0.15, 0.2) is 5.69 Å². The molecule has 1 rings (SSSR count). The second-order valence-electron chi connectivity index (χ2n) is 2.09. The third-order valence-electron chi connectivity index (χ3n) is 1.32. The van der Waals surface area contributed by atoms with Crippen LogP contribution in [0.3, 0.4) is 0 Å². The van der Waals surface area contributed by atoms with Crippen molar-refractivity contribution in [3.8, 4) is 11.8 Å². The van der Waals surface area contributed by atoms with Gasteiger partial charge in [0, 0.05) is 0 Å².